The SMILES string of the molecule is CCCCCCCCCCCCC/C=C/CC/C=C/CC/C=C/C(O)C(COC1OC(CO)C(O)C(O)C1O)NC(=O)CCCCCCCCCCCC/C=C\CCCCCCCCCCCCCC. The zero-order valence-corrected chi connectivity index (χ0v) is 45.5. The molecule has 0 aromatic rings. The van der Waals surface area contributed by atoms with Crippen LogP contribution in [0.1, 0.15) is 277 Å². The lowest BCUT2D eigenvalue weighted by molar-refractivity contribution is -0.302. The van der Waals surface area contributed by atoms with Crippen LogP contribution >= 0.6 is 0 Å². The fourth-order valence-electron chi connectivity index (χ4n) is 9.36. The molecule has 9 heteroatoms. The summed E-state index contributed by atoms with van der Waals surface area (Å²) in [4.78, 5) is 13.1. The first kappa shape index (κ1) is 66.2. The molecule has 0 aromatic heterocycles. The summed E-state index contributed by atoms with van der Waals surface area (Å²) >= 11 is 0. The van der Waals surface area contributed by atoms with E-state index in [0.29, 0.717) is 6.42 Å². The zero-order valence-electron chi connectivity index (χ0n) is 45.5. The van der Waals surface area contributed by atoms with E-state index in [1.54, 1.807) is 6.08 Å². The Labute approximate surface area is 431 Å². The number of aliphatic hydroxyl groups is 5. The van der Waals surface area contributed by atoms with Crippen molar-refractivity contribution in [2.24, 2.45) is 0 Å². The van der Waals surface area contributed by atoms with Gasteiger partial charge in [-0.1, -0.05) is 249 Å². The number of aliphatic hydroxyl groups excluding tert-OH is 5. The lowest BCUT2D eigenvalue weighted by atomic mass is 9.99. The predicted molar refractivity (Wildman–Crippen MR) is 295 cm³/mol. The molecule has 410 valence electrons. The maximum absolute atomic E-state index is 13.1. The number of amides is 1. The summed E-state index contributed by atoms with van der Waals surface area (Å²) in [6.07, 6.45) is 60.4. The van der Waals surface area contributed by atoms with Gasteiger partial charge in [-0.05, 0) is 70.6 Å². The van der Waals surface area contributed by atoms with Crippen LogP contribution in [0.4, 0.5) is 0 Å². The summed E-state index contributed by atoms with van der Waals surface area (Å²) in [5.74, 6) is -0.190. The van der Waals surface area contributed by atoms with Gasteiger partial charge in [-0.15, -0.1) is 0 Å². The van der Waals surface area contributed by atoms with Crippen molar-refractivity contribution in [1.29, 1.82) is 0 Å². The number of unbranched alkanes of at least 4 members (excludes halogenated alkanes) is 35. The molecule has 1 saturated heterocycles. The van der Waals surface area contributed by atoms with E-state index in [1.165, 1.54) is 212 Å². The molecule has 7 atom stereocenters. The van der Waals surface area contributed by atoms with Crippen molar-refractivity contribution < 1.29 is 39.8 Å². The summed E-state index contributed by atoms with van der Waals surface area (Å²) in [5, 5.41) is 54.5. The average molecular weight is 989 g/mol. The number of carbonyl (C=O) groups excluding carboxylic acids is 1. The van der Waals surface area contributed by atoms with Crippen LogP contribution in [0.2, 0.25) is 0 Å². The normalized spacial score (nSPS) is 19.7. The van der Waals surface area contributed by atoms with Crippen molar-refractivity contribution >= 4 is 5.91 Å². The number of hydrogen-bond acceptors (Lipinski definition) is 8. The van der Waals surface area contributed by atoms with Crippen LogP contribution < -0.4 is 5.32 Å². The molecule has 1 aliphatic rings. The highest BCUT2D eigenvalue weighted by Gasteiger charge is 2.44. The van der Waals surface area contributed by atoms with Crippen molar-refractivity contribution in [1.82, 2.24) is 5.32 Å². The van der Waals surface area contributed by atoms with Gasteiger partial charge in [0.05, 0.1) is 25.4 Å². The maximum Gasteiger partial charge on any atom is 0.220 e. The molecule has 1 amide bonds. The van der Waals surface area contributed by atoms with Gasteiger partial charge in [0, 0.05) is 6.42 Å². The van der Waals surface area contributed by atoms with Crippen LogP contribution in [0.25, 0.3) is 0 Å². The van der Waals surface area contributed by atoms with Crippen molar-refractivity contribution in [3.63, 3.8) is 0 Å². The lowest BCUT2D eigenvalue weighted by Crippen LogP contribution is -2.60. The third-order valence-electron chi connectivity index (χ3n) is 14.1. The van der Waals surface area contributed by atoms with E-state index in [1.807, 2.05) is 6.08 Å². The number of carbonyl (C=O) groups is 1. The van der Waals surface area contributed by atoms with E-state index < -0.39 is 49.5 Å². The minimum absolute atomic E-state index is 0.190. The largest absolute Gasteiger partial charge is 0.394 e. The van der Waals surface area contributed by atoms with Crippen LogP contribution in [0.3, 0.4) is 0 Å². The molecule has 0 bridgehead atoms. The van der Waals surface area contributed by atoms with Crippen molar-refractivity contribution in [2.75, 3.05) is 13.2 Å². The minimum Gasteiger partial charge on any atom is -0.394 e. The van der Waals surface area contributed by atoms with E-state index in [2.05, 4.69) is 55.6 Å². The first-order chi connectivity index (χ1) is 34.3. The fourth-order valence-corrected chi connectivity index (χ4v) is 9.36. The second kappa shape index (κ2) is 50.7. The number of rotatable bonds is 51. The molecule has 0 spiro atoms. The Morgan fingerprint density at radius 3 is 1.20 bits per heavy atom. The molecule has 1 rings (SSSR count). The molecule has 1 fully saturated rings. The van der Waals surface area contributed by atoms with Crippen LogP contribution in [0.15, 0.2) is 48.6 Å². The van der Waals surface area contributed by atoms with Gasteiger partial charge in [0.2, 0.25) is 5.91 Å². The summed E-state index contributed by atoms with van der Waals surface area (Å²) in [6.45, 7) is 3.78. The molecule has 0 aromatic carbocycles. The number of nitrogens with one attached hydrogen (secondary N) is 1. The van der Waals surface area contributed by atoms with Crippen LogP contribution in [0, 0.1) is 0 Å². The van der Waals surface area contributed by atoms with Gasteiger partial charge in [0.25, 0.3) is 0 Å². The van der Waals surface area contributed by atoms with E-state index >= 15 is 0 Å². The maximum atomic E-state index is 13.1. The van der Waals surface area contributed by atoms with Crippen molar-refractivity contribution in [3.8, 4) is 0 Å². The second-order valence-electron chi connectivity index (χ2n) is 20.8. The Morgan fingerprint density at radius 2 is 0.814 bits per heavy atom. The first-order valence-corrected chi connectivity index (χ1v) is 29.9. The molecule has 6 N–H and O–H groups in total. The minimum atomic E-state index is -1.58. The zero-order chi connectivity index (χ0) is 50.8. The van der Waals surface area contributed by atoms with E-state index in [-0.39, 0.29) is 12.5 Å². The fraction of sp³-hybridized carbons (Fsp3) is 0.852. The van der Waals surface area contributed by atoms with Crippen molar-refractivity contribution in [3.05, 3.63) is 48.6 Å². The van der Waals surface area contributed by atoms with Gasteiger partial charge >= 0.3 is 0 Å². The van der Waals surface area contributed by atoms with Gasteiger partial charge in [0.15, 0.2) is 6.29 Å². The van der Waals surface area contributed by atoms with Gasteiger partial charge in [-0.2, -0.15) is 0 Å². The van der Waals surface area contributed by atoms with E-state index in [4.69, 9.17) is 9.47 Å². The van der Waals surface area contributed by atoms with Crippen LogP contribution in [-0.2, 0) is 14.3 Å². The Morgan fingerprint density at radius 1 is 0.471 bits per heavy atom. The third-order valence-corrected chi connectivity index (χ3v) is 14.1. The Kier molecular flexibility index (Phi) is 47.9. The molecule has 1 aliphatic heterocycles. The predicted octanol–water partition coefficient (Wildman–Crippen LogP) is 14.9. The lowest BCUT2D eigenvalue weighted by Gasteiger charge is -2.40. The Balaban J connectivity index is 2.24. The van der Waals surface area contributed by atoms with Gasteiger partial charge < -0.3 is 40.3 Å². The smallest absolute Gasteiger partial charge is 0.220 e. The molecular weight excluding hydrogens is 875 g/mol. The van der Waals surface area contributed by atoms with Crippen LogP contribution in [-0.4, -0.2) is 87.5 Å². The standard InChI is InChI=1S/C61H113NO8/c1-3-5-7-9-11-13-15-17-19-21-23-25-26-27-28-29-31-33-35-37-39-41-43-45-47-49-51-57(65)62-54(53-69-61-60(68)59(67)58(66)56(52-63)70-61)55(64)50-48-46-44-42-40-38-36-34-32-30-24-22-20-18-16-14-12-10-8-6-4-2/h27-28,32,34,40,42,48,50,54-56,58-61,63-64,66-68H,3-26,29-31,33,35-39,41,43-47,49,51-53H2,1-2H3,(H,62,65)/b28-27-,34-32+,42-40+,50-48+. The number of hydrogen-bond donors (Lipinski definition) is 6. The van der Waals surface area contributed by atoms with Gasteiger partial charge in [-0.3, -0.25) is 4.79 Å². The summed E-state index contributed by atoms with van der Waals surface area (Å²) in [5.41, 5.74) is 0. The highest BCUT2D eigenvalue weighted by Crippen LogP contribution is 2.23. The van der Waals surface area contributed by atoms with E-state index in [9.17, 15) is 30.3 Å². The van der Waals surface area contributed by atoms with E-state index in [0.717, 1.165) is 44.9 Å². The molecular formula is C61H113NO8. The average Bonchev–Trinajstić information content (AvgIpc) is 3.36. The van der Waals surface area contributed by atoms with Crippen molar-refractivity contribution in [2.45, 2.75) is 320 Å². The quantitative estimate of drug-likeness (QED) is 0.0261. The summed E-state index contributed by atoms with van der Waals surface area (Å²) in [6, 6.07) is -0.830. The third kappa shape index (κ3) is 39.7. The monoisotopic (exact) mass is 988 g/mol. The molecule has 7 unspecified atom stereocenters. The van der Waals surface area contributed by atoms with Crippen LogP contribution in [0.5, 0.6) is 0 Å². The molecule has 9 nitrogen and oxygen atoms in total. The Hall–Kier alpha value is -1.85. The topological polar surface area (TPSA) is 149 Å². The number of ether oxygens (including phenoxy) is 2. The highest BCUT2D eigenvalue weighted by molar-refractivity contribution is 5.76. The number of allylic oxidation sites excluding steroid dienone is 7. The second-order valence-corrected chi connectivity index (χ2v) is 20.8. The van der Waals surface area contributed by atoms with Gasteiger partial charge in [-0.25, -0.2) is 0 Å². The summed E-state index contributed by atoms with van der Waals surface area (Å²) < 4.78 is 11.3. The Bertz CT molecular complexity index is 1240. The first-order valence-electron chi connectivity index (χ1n) is 29.9. The molecule has 0 aliphatic carbocycles. The van der Waals surface area contributed by atoms with Gasteiger partial charge in [0.1, 0.15) is 24.4 Å². The molecule has 70 heavy (non-hydrogen) atoms. The molecule has 0 saturated carbocycles. The molecule has 0 radical (unpaired) electrons. The highest BCUT2D eigenvalue weighted by atomic mass is 16.7. The summed E-state index contributed by atoms with van der Waals surface area (Å²) in [7, 11) is 0. The molecule has 1 heterocycles.